The molecule has 2 aliphatic heterocycles. The molecule has 1 atom stereocenters. The van der Waals surface area contributed by atoms with Crippen LogP contribution in [0.4, 0.5) is 18.9 Å². The first kappa shape index (κ1) is 26.3. The normalized spacial score (nSPS) is 18.3. The zero-order valence-corrected chi connectivity index (χ0v) is 20.6. The van der Waals surface area contributed by atoms with Crippen LogP contribution < -0.4 is 4.90 Å². The second kappa shape index (κ2) is 9.92. The number of aromatic nitrogens is 2. The van der Waals surface area contributed by atoms with Crippen molar-refractivity contribution in [3.8, 4) is 5.82 Å². The van der Waals surface area contributed by atoms with Crippen molar-refractivity contribution in [2.45, 2.75) is 32.0 Å². The number of hydrogen-bond donors (Lipinski definition) is 1. The molecule has 1 amide bonds. The third kappa shape index (κ3) is 4.80. The van der Waals surface area contributed by atoms with Crippen molar-refractivity contribution < 1.29 is 37.0 Å². The van der Waals surface area contributed by atoms with Crippen LogP contribution in [0.25, 0.3) is 5.82 Å². The van der Waals surface area contributed by atoms with E-state index in [0.29, 0.717) is 25.5 Å². The Kier molecular flexibility index (Phi) is 7.05. The quantitative estimate of drug-likeness (QED) is 0.557. The molecule has 37 heavy (non-hydrogen) atoms. The van der Waals surface area contributed by atoms with E-state index in [-0.39, 0.29) is 11.4 Å². The number of furan rings is 1. The molecule has 1 unspecified atom stereocenters. The van der Waals surface area contributed by atoms with Crippen LogP contribution >= 0.6 is 0 Å². The van der Waals surface area contributed by atoms with E-state index in [1.807, 2.05) is 37.1 Å². The number of alkyl halides is 3. The smallest absolute Gasteiger partial charge is 0.475 e. The molecule has 12 heteroatoms. The van der Waals surface area contributed by atoms with Crippen LogP contribution in [0.2, 0.25) is 0 Å². The van der Waals surface area contributed by atoms with Gasteiger partial charge in [-0.15, -0.1) is 0 Å². The number of anilines is 1. The number of aliphatic carboxylic acids is 1. The number of carbonyl (C=O) groups excluding carboxylic acids is 1. The number of ether oxygens (including phenoxy) is 1. The van der Waals surface area contributed by atoms with Gasteiger partial charge in [0.15, 0.2) is 11.6 Å². The van der Waals surface area contributed by atoms with Crippen LogP contribution in [0.1, 0.15) is 34.0 Å². The molecule has 0 aliphatic carbocycles. The Morgan fingerprint density at radius 2 is 1.97 bits per heavy atom. The molecule has 1 fully saturated rings. The summed E-state index contributed by atoms with van der Waals surface area (Å²) in [6, 6.07) is 10.1. The van der Waals surface area contributed by atoms with Crippen LogP contribution in [0.5, 0.6) is 0 Å². The minimum atomic E-state index is -5.08. The lowest BCUT2D eigenvalue weighted by molar-refractivity contribution is -0.192. The molecule has 1 spiro atoms. The van der Waals surface area contributed by atoms with Gasteiger partial charge < -0.3 is 28.6 Å². The second-order valence-electron chi connectivity index (χ2n) is 8.92. The largest absolute Gasteiger partial charge is 0.490 e. The molecule has 1 N–H and O–H groups in total. The van der Waals surface area contributed by atoms with Gasteiger partial charge in [-0.2, -0.15) is 13.2 Å². The maximum Gasteiger partial charge on any atom is 0.490 e. The number of fused-ring (bicyclic) bond motifs is 4. The van der Waals surface area contributed by atoms with E-state index < -0.39 is 12.1 Å². The van der Waals surface area contributed by atoms with E-state index in [2.05, 4.69) is 38.8 Å². The first-order chi connectivity index (χ1) is 17.5. The average molecular weight is 521 g/mol. The van der Waals surface area contributed by atoms with Crippen molar-refractivity contribution in [1.29, 1.82) is 0 Å². The molecule has 9 nitrogen and oxygen atoms in total. The fraction of sp³-hybridized carbons (Fsp3) is 0.400. The van der Waals surface area contributed by atoms with E-state index in [9.17, 15) is 18.0 Å². The van der Waals surface area contributed by atoms with Gasteiger partial charge in [-0.1, -0.05) is 0 Å². The topological polar surface area (TPSA) is 101 Å². The monoisotopic (exact) mass is 520 g/mol. The van der Waals surface area contributed by atoms with Crippen LogP contribution in [0.3, 0.4) is 0 Å². The van der Waals surface area contributed by atoms with E-state index in [1.165, 1.54) is 0 Å². The Morgan fingerprint density at radius 1 is 1.24 bits per heavy atom. The summed E-state index contributed by atoms with van der Waals surface area (Å²) in [6.45, 7) is 6.44. The van der Waals surface area contributed by atoms with Crippen LogP contribution in [-0.2, 0) is 15.1 Å². The summed E-state index contributed by atoms with van der Waals surface area (Å²) in [5, 5.41) is 7.12. The number of amides is 1. The van der Waals surface area contributed by atoms with Gasteiger partial charge in [-0.05, 0) is 56.2 Å². The van der Waals surface area contributed by atoms with Gasteiger partial charge >= 0.3 is 12.1 Å². The summed E-state index contributed by atoms with van der Waals surface area (Å²) in [5.41, 5.74) is 2.90. The Labute approximate surface area is 211 Å². The van der Waals surface area contributed by atoms with Gasteiger partial charge in [-0.3, -0.25) is 4.79 Å². The Bertz CT molecular complexity index is 1280. The summed E-state index contributed by atoms with van der Waals surface area (Å²) in [5.74, 6) is -0.682. The SMILES string of the molecule is COCCN1c2cccnc2-n2cccc2C12CCN(C(=O)c1cc(C)c(C)o1)C2.O=C(O)C(F)(F)F. The van der Waals surface area contributed by atoms with Gasteiger partial charge in [0.25, 0.3) is 5.91 Å². The molecule has 3 aromatic heterocycles. The molecular weight excluding hydrogens is 493 g/mol. The lowest BCUT2D eigenvalue weighted by Gasteiger charge is -2.47. The number of hydrogen-bond acceptors (Lipinski definition) is 6. The molecule has 0 aromatic carbocycles. The van der Waals surface area contributed by atoms with Crippen molar-refractivity contribution in [2.24, 2.45) is 0 Å². The molecule has 5 rings (SSSR count). The summed E-state index contributed by atoms with van der Waals surface area (Å²) in [4.78, 5) is 31.1. The number of likely N-dealkylation sites (tertiary alicyclic amines) is 1. The van der Waals surface area contributed by atoms with Gasteiger partial charge in [-0.25, -0.2) is 9.78 Å². The third-order valence-corrected chi connectivity index (χ3v) is 6.70. The fourth-order valence-corrected chi connectivity index (χ4v) is 4.85. The summed E-state index contributed by atoms with van der Waals surface area (Å²) in [7, 11) is 1.72. The Morgan fingerprint density at radius 3 is 2.59 bits per heavy atom. The fourth-order valence-electron chi connectivity index (χ4n) is 4.85. The van der Waals surface area contributed by atoms with Gasteiger partial charge in [0.05, 0.1) is 24.5 Å². The van der Waals surface area contributed by atoms with Crippen LogP contribution in [0, 0.1) is 13.8 Å². The molecular formula is C25H27F3N4O5. The summed E-state index contributed by atoms with van der Waals surface area (Å²) < 4.78 is 45.1. The zero-order valence-electron chi connectivity index (χ0n) is 20.6. The van der Waals surface area contributed by atoms with Crippen molar-refractivity contribution in [2.75, 3.05) is 38.3 Å². The number of carboxylic acids is 1. The number of carbonyl (C=O) groups is 2. The first-order valence-corrected chi connectivity index (χ1v) is 11.6. The second-order valence-corrected chi connectivity index (χ2v) is 8.92. The predicted octanol–water partition coefficient (Wildman–Crippen LogP) is 3.92. The van der Waals surface area contributed by atoms with Crippen LogP contribution in [0.15, 0.2) is 47.1 Å². The van der Waals surface area contributed by atoms with Crippen molar-refractivity contribution in [3.05, 3.63) is 65.5 Å². The molecule has 0 radical (unpaired) electrons. The molecule has 5 heterocycles. The molecule has 0 saturated carbocycles. The van der Waals surface area contributed by atoms with Crippen molar-refractivity contribution in [1.82, 2.24) is 14.5 Å². The first-order valence-electron chi connectivity index (χ1n) is 11.6. The molecule has 2 aliphatic rings. The number of methoxy groups -OCH3 is 1. The lowest BCUT2D eigenvalue weighted by Crippen LogP contribution is -2.53. The zero-order chi connectivity index (χ0) is 27.0. The number of rotatable bonds is 4. The maximum atomic E-state index is 13.2. The van der Waals surface area contributed by atoms with Crippen molar-refractivity contribution >= 4 is 17.6 Å². The Hall–Kier alpha value is -3.80. The third-order valence-electron chi connectivity index (χ3n) is 6.70. The van der Waals surface area contributed by atoms with Gasteiger partial charge in [0, 0.05) is 32.6 Å². The highest BCUT2D eigenvalue weighted by Gasteiger charge is 2.51. The summed E-state index contributed by atoms with van der Waals surface area (Å²) >= 11 is 0. The van der Waals surface area contributed by atoms with E-state index in [4.69, 9.17) is 19.1 Å². The molecule has 198 valence electrons. The average Bonchev–Trinajstić information content (AvgIpc) is 3.59. The Balaban J connectivity index is 0.000000405. The minimum Gasteiger partial charge on any atom is -0.475 e. The molecule has 1 saturated heterocycles. The highest BCUT2D eigenvalue weighted by molar-refractivity contribution is 5.92. The number of pyridine rings is 1. The van der Waals surface area contributed by atoms with E-state index in [1.54, 1.807) is 7.11 Å². The van der Waals surface area contributed by atoms with Crippen molar-refractivity contribution in [3.63, 3.8) is 0 Å². The predicted molar refractivity (Wildman–Crippen MR) is 127 cm³/mol. The minimum absolute atomic E-state index is 0.0511. The number of aryl methyl sites for hydroxylation is 2. The van der Waals surface area contributed by atoms with E-state index >= 15 is 0 Å². The van der Waals surface area contributed by atoms with E-state index in [0.717, 1.165) is 41.5 Å². The lowest BCUT2D eigenvalue weighted by atomic mass is 9.89. The molecule has 3 aromatic rings. The summed E-state index contributed by atoms with van der Waals surface area (Å²) in [6.07, 6.45) is -0.374. The number of nitrogens with zero attached hydrogens (tertiary/aromatic N) is 4. The highest BCUT2D eigenvalue weighted by Crippen LogP contribution is 2.47. The number of carboxylic acid groups (broad SMARTS) is 1. The van der Waals surface area contributed by atoms with Gasteiger partial charge in [0.1, 0.15) is 11.3 Å². The maximum absolute atomic E-state index is 13.2. The number of halogens is 3. The molecule has 0 bridgehead atoms. The van der Waals surface area contributed by atoms with Gasteiger partial charge in [0.2, 0.25) is 0 Å². The van der Waals surface area contributed by atoms with Crippen LogP contribution in [-0.4, -0.2) is 71.0 Å². The highest BCUT2D eigenvalue weighted by atomic mass is 19.4. The standard InChI is InChI=1S/C23H26N4O3.C2HF3O2/c1-16-14-19(30-17(16)2)22(28)25-11-8-23(15-25)20-7-5-10-26(20)21-18(6-4-9-24-21)27(23)12-13-29-3;3-2(4,5)1(6)7/h4-7,9-10,14H,8,11-13,15H2,1-3H3;(H,6,7).